The Morgan fingerprint density at radius 1 is 0.719 bits per heavy atom. The van der Waals surface area contributed by atoms with Crippen LogP contribution in [0.25, 0.3) is 10.9 Å². The summed E-state index contributed by atoms with van der Waals surface area (Å²) >= 11 is 0. The molecule has 1 unspecified atom stereocenters. The number of rotatable bonds is 4. The smallest absolute Gasteiger partial charge is 0.136 e. The third-order valence-corrected chi connectivity index (χ3v) is 6.32. The van der Waals surface area contributed by atoms with Crippen molar-refractivity contribution < 1.29 is 0 Å². The summed E-state index contributed by atoms with van der Waals surface area (Å²) < 4.78 is 0. The zero-order valence-electron chi connectivity index (χ0n) is 17.8. The second-order valence-electron chi connectivity index (χ2n) is 8.26. The zero-order valence-corrected chi connectivity index (χ0v) is 17.8. The Balaban J connectivity index is 1.73. The first-order valence-electron chi connectivity index (χ1n) is 10.9. The van der Waals surface area contributed by atoms with Crippen molar-refractivity contribution in [3.05, 3.63) is 132 Å². The molecule has 32 heavy (non-hydrogen) atoms. The van der Waals surface area contributed by atoms with E-state index in [1.807, 2.05) is 6.07 Å². The number of para-hydroxylation sites is 3. The molecule has 1 atom stereocenters. The second kappa shape index (κ2) is 7.24. The van der Waals surface area contributed by atoms with Gasteiger partial charge in [0.05, 0.1) is 11.4 Å². The number of aryl methyl sites for hydroxylation is 1. The van der Waals surface area contributed by atoms with Gasteiger partial charge in [-0.2, -0.15) is 0 Å². The molecule has 0 spiro atoms. The average Bonchev–Trinajstić information content (AvgIpc) is 3.35. The van der Waals surface area contributed by atoms with Crippen molar-refractivity contribution >= 4 is 28.0 Å². The average molecular weight is 414 g/mol. The summed E-state index contributed by atoms with van der Waals surface area (Å²) in [5.74, 6) is 0. The Morgan fingerprint density at radius 2 is 1.38 bits per heavy atom. The van der Waals surface area contributed by atoms with Crippen LogP contribution in [0, 0.1) is 6.92 Å². The SMILES string of the molecule is Cc1[nH]c2ccccc2c1C1(Nc2ccccc2)C(c2ccccc2)=Nc2ccccc21. The summed E-state index contributed by atoms with van der Waals surface area (Å²) in [6.07, 6.45) is 0. The molecule has 0 saturated heterocycles. The monoisotopic (exact) mass is 413 g/mol. The molecule has 3 nitrogen and oxygen atoms in total. The molecule has 0 amide bonds. The van der Waals surface area contributed by atoms with E-state index in [-0.39, 0.29) is 0 Å². The number of fused-ring (bicyclic) bond motifs is 2. The van der Waals surface area contributed by atoms with Crippen molar-refractivity contribution in [1.82, 2.24) is 4.98 Å². The van der Waals surface area contributed by atoms with Gasteiger partial charge in [-0.1, -0.05) is 84.9 Å². The normalized spacial score (nSPS) is 17.2. The summed E-state index contributed by atoms with van der Waals surface area (Å²) in [6, 6.07) is 37.9. The standard InChI is InChI=1S/C29H23N3/c1-20-27(23-16-8-10-18-25(23)30-20)29(32-22-14-6-3-7-15-22)24-17-9-11-19-26(24)31-28(29)21-12-4-2-5-13-21/h2-19,30,32H,1H3. The number of hydrogen-bond donors (Lipinski definition) is 2. The highest BCUT2D eigenvalue weighted by molar-refractivity contribution is 6.18. The lowest BCUT2D eigenvalue weighted by Crippen LogP contribution is -2.43. The second-order valence-corrected chi connectivity index (χ2v) is 8.26. The Morgan fingerprint density at radius 3 is 2.19 bits per heavy atom. The predicted molar refractivity (Wildman–Crippen MR) is 133 cm³/mol. The predicted octanol–water partition coefficient (Wildman–Crippen LogP) is 6.97. The van der Waals surface area contributed by atoms with Crippen LogP contribution in [0.15, 0.2) is 114 Å². The minimum atomic E-state index is -0.636. The lowest BCUT2D eigenvalue weighted by Gasteiger charge is -2.35. The molecule has 3 heteroatoms. The van der Waals surface area contributed by atoms with E-state index in [4.69, 9.17) is 4.99 Å². The largest absolute Gasteiger partial charge is 0.367 e. The van der Waals surface area contributed by atoms with Crippen LogP contribution in [0.4, 0.5) is 11.4 Å². The molecule has 6 rings (SSSR count). The number of aliphatic imine (C=N–C) groups is 1. The van der Waals surface area contributed by atoms with E-state index in [0.29, 0.717) is 0 Å². The minimum absolute atomic E-state index is 0.636. The number of hydrogen-bond acceptors (Lipinski definition) is 2. The van der Waals surface area contributed by atoms with E-state index in [9.17, 15) is 0 Å². The Kier molecular flexibility index (Phi) is 4.22. The third kappa shape index (κ3) is 2.71. The molecule has 4 aromatic carbocycles. The molecule has 0 fully saturated rings. The van der Waals surface area contributed by atoms with Crippen LogP contribution in [0.3, 0.4) is 0 Å². The van der Waals surface area contributed by atoms with Gasteiger partial charge < -0.3 is 10.3 Å². The van der Waals surface area contributed by atoms with E-state index in [1.54, 1.807) is 0 Å². The lowest BCUT2D eigenvalue weighted by atomic mass is 9.76. The van der Waals surface area contributed by atoms with Crippen molar-refractivity contribution in [2.45, 2.75) is 12.5 Å². The lowest BCUT2D eigenvalue weighted by molar-refractivity contribution is 0.812. The summed E-state index contributed by atoms with van der Waals surface area (Å²) in [4.78, 5) is 8.84. The van der Waals surface area contributed by atoms with Gasteiger partial charge in [0.25, 0.3) is 0 Å². The molecule has 0 saturated carbocycles. The highest BCUT2D eigenvalue weighted by Crippen LogP contribution is 2.49. The summed E-state index contributed by atoms with van der Waals surface area (Å²) in [6.45, 7) is 2.16. The molecule has 2 N–H and O–H groups in total. The maximum atomic E-state index is 5.22. The Hall–Kier alpha value is -4.11. The van der Waals surface area contributed by atoms with Crippen molar-refractivity contribution in [2.24, 2.45) is 4.99 Å². The van der Waals surface area contributed by atoms with Crippen molar-refractivity contribution in [1.29, 1.82) is 0 Å². The minimum Gasteiger partial charge on any atom is -0.367 e. The number of nitrogens with one attached hydrogen (secondary N) is 2. The molecular formula is C29H23N3. The van der Waals surface area contributed by atoms with Gasteiger partial charge in [-0.3, -0.25) is 0 Å². The van der Waals surface area contributed by atoms with Crippen molar-refractivity contribution in [3.63, 3.8) is 0 Å². The first-order chi connectivity index (χ1) is 15.8. The highest BCUT2D eigenvalue weighted by Gasteiger charge is 2.48. The number of H-pyrrole nitrogens is 1. The molecule has 1 aliphatic rings. The molecule has 0 bridgehead atoms. The number of benzene rings is 4. The molecule has 5 aromatic rings. The maximum Gasteiger partial charge on any atom is 0.136 e. The summed E-state index contributed by atoms with van der Waals surface area (Å²) in [5.41, 5.74) is 8.18. The summed E-state index contributed by atoms with van der Waals surface area (Å²) in [7, 11) is 0. The molecule has 154 valence electrons. The topological polar surface area (TPSA) is 40.2 Å². The van der Waals surface area contributed by atoms with Crippen LogP contribution < -0.4 is 5.32 Å². The van der Waals surface area contributed by atoms with Gasteiger partial charge in [0.15, 0.2) is 0 Å². The van der Waals surface area contributed by atoms with Crippen LogP contribution in [0.5, 0.6) is 0 Å². The summed E-state index contributed by atoms with van der Waals surface area (Å²) in [5, 5.41) is 5.15. The van der Waals surface area contributed by atoms with Crippen LogP contribution >= 0.6 is 0 Å². The zero-order chi connectivity index (χ0) is 21.5. The van der Waals surface area contributed by atoms with Gasteiger partial charge >= 0.3 is 0 Å². The first kappa shape index (κ1) is 18.6. The number of aromatic nitrogens is 1. The molecule has 0 radical (unpaired) electrons. The molecular weight excluding hydrogens is 390 g/mol. The third-order valence-electron chi connectivity index (χ3n) is 6.32. The van der Waals surface area contributed by atoms with E-state index >= 15 is 0 Å². The van der Waals surface area contributed by atoms with E-state index in [0.717, 1.165) is 39.4 Å². The molecule has 2 heterocycles. The quantitative estimate of drug-likeness (QED) is 0.328. The molecule has 1 aromatic heterocycles. The highest BCUT2D eigenvalue weighted by atomic mass is 15.1. The van der Waals surface area contributed by atoms with Gasteiger partial charge in [0.2, 0.25) is 0 Å². The number of anilines is 1. The molecule has 0 aliphatic carbocycles. The first-order valence-corrected chi connectivity index (χ1v) is 10.9. The number of nitrogens with zero attached hydrogens (tertiary/aromatic N) is 1. The van der Waals surface area contributed by atoms with Gasteiger partial charge in [-0.15, -0.1) is 0 Å². The van der Waals surface area contributed by atoms with Gasteiger partial charge in [-0.25, -0.2) is 4.99 Å². The van der Waals surface area contributed by atoms with E-state index < -0.39 is 5.54 Å². The number of aromatic amines is 1. The molecule has 1 aliphatic heterocycles. The Labute approximate surface area is 187 Å². The van der Waals surface area contributed by atoms with Gasteiger partial charge in [-0.05, 0) is 36.8 Å². The van der Waals surface area contributed by atoms with Gasteiger partial charge in [0, 0.05) is 33.4 Å². The van der Waals surface area contributed by atoms with E-state index in [2.05, 4.69) is 120 Å². The van der Waals surface area contributed by atoms with Crippen molar-refractivity contribution in [2.75, 3.05) is 5.32 Å². The fourth-order valence-corrected chi connectivity index (χ4v) is 5.04. The maximum absolute atomic E-state index is 5.22. The van der Waals surface area contributed by atoms with Crippen LogP contribution in [0.2, 0.25) is 0 Å². The Bertz CT molecular complexity index is 1450. The van der Waals surface area contributed by atoms with Crippen molar-refractivity contribution in [3.8, 4) is 0 Å². The fraction of sp³-hybridized carbons (Fsp3) is 0.0690. The van der Waals surface area contributed by atoms with E-state index in [1.165, 1.54) is 10.9 Å². The fourth-order valence-electron chi connectivity index (χ4n) is 5.04. The van der Waals surface area contributed by atoms with Gasteiger partial charge in [0.1, 0.15) is 5.54 Å². The van der Waals surface area contributed by atoms with Crippen LogP contribution in [-0.2, 0) is 5.54 Å². The van der Waals surface area contributed by atoms with Crippen LogP contribution in [-0.4, -0.2) is 10.7 Å². The van der Waals surface area contributed by atoms with Crippen LogP contribution in [0.1, 0.15) is 22.4 Å².